The fourth-order valence-electron chi connectivity index (χ4n) is 3.97. The summed E-state index contributed by atoms with van der Waals surface area (Å²) in [6, 6.07) is 11.9. The Bertz CT molecular complexity index is 881. The molecule has 0 bridgehead atoms. The predicted molar refractivity (Wildman–Crippen MR) is 122 cm³/mol. The van der Waals surface area contributed by atoms with Crippen molar-refractivity contribution >= 4 is 46.2 Å². The number of amides is 1. The van der Waals surface area contributed by atoms with Crippen LogP contribution >= 0.6 is 23.2 Å². The molecule has 2 aromatic rings. The van der Waals surface area contributed by atoms with Crippen molar-refractivity contribution in [1.29, 1.82) is 0 Å². The van der Waals surface area contributed by atoms with E-state index in [0.717, 1.165) is 74.7 Å². The van der Waals surface area contributed by atoms with E-state index >= 15 is 0 Å². The third kappa shape index (κ3) is 4.97. The lowest BCUT2D eigenvalue weighted by atomic mass is 10.1. The number of nitrogens with zero attached hydrogens (tertiary/aromatic N) is 2. The second-order valence-electron chi connectivity index (χ2n) is 7.63. The van der Waals surface area contributed by atoms with Gasteiger partial charge in [-0.05, 0) is 49.2 Å². The highest BCUT2D eigenvalue weighted by Gasteiger charge is 2.19. The number of carbonyl (C=O) groups excluding carboxylic acids is 1. The van der Waals surface area contributed by atoms with Gasteiger partial charge in [0.2, 0.25) is 5.91 Å². The first-order chi connectivity index (χ1) is 14.1. The van der Waals surface area contributed by atoms with Gasteiger partial charge in [0.1, 0.15) is 0 Å². The number of nitrogens with one attached hydrogen (secondary N) is 2. The minimum Gasteiger partial charge on any atom is -0.385 e. The van der Waals surface area contributed by atoms with Gasteiger partial charge in [0, 0.05) is 44.1 Å². The van der Waals surface area contributed by atoms with Crippen LogP contribution in [-0.2, 0) is 11.2 Å². The number of rotatable bonds is 7. The van der Waals surface area contributed by atoms with Crippen molar-refractivity contribution in [3.05, 3.63) is 52.0 Å². The molecule has 0 aliphatic carbocycles. The van der Waals surface area contributed by atoms with Crippen molar-refractivity contribution in [1.82, 2.24) is 4.90 Å². The van der Waals surface area contributed by atoms with E-state index in [4.69, 9.17) is 23.2 Å². The third-order valence-corrected chi connectivity index (χ3v) is 6.42. The average molecular weight is 433 g/mol. The summed E-state index contributed by atoms with van der Waals surface area (Å²) in [7, 11) is 0. The average Bonchev–Trinajstić information content (AvgIpc) is 3.10. The standard InChI is InChI=1S/C22H26Cl2N4O/c23-18-4-3-5-20(22(18)24)28-12-10-27(11-13-28)9-2-1-8-25-17-7-6-16-14-21(29)26-19(16)15-17/h3-7,15,25H,1-2,8-14H2,(H,26,29). The van der Waals surface area contributed by atoms with E-state index in [1.54, 1.807) is 0 Å². The maximum atomic E-state index is 11.4. The molecule has 0 atom stereocenters. The number of piperazine rings is 1. The molecule has 2 aliphatic heterocycles. The van der Waals surface area contributed by atoms with Crippen LogP contribution in [0, 0.1) is 0 Å². The quantitative estimate of drug-likeness (QED) is 0.632. The highest BCUT2D eigenvalue weighted by molar-refractivity contribution is 6.43. The van der Waals surface area contributed by atoms with Gasteiger partial charge in [-0.15, -0.1) is 0 Å². The van der Waals surface area contributed by atoms with Gasteiger partial charge in [0.25, 0.3) is 0 Å². The van der Waals surface area contributed by atoms with Crippen LogP contribution in [0.2, 0.25) is 10.0 Å². The summed E-state index contributed by atoms with van der Waals surface area (Å²) in [6.07, 6.45) is 2.77. The van der Waals surface area contributed by atoms with Crippen molar-refractivity contribution in [2.24, 2.45) is 0 Å². The van der Waals surface area contributed by atoms with E-state index in [1.807, 2.05) is 30.3 Å². The van der Waals surface area contributed by atoms with Crippen LogP contribution in [0.4, 0.5) is 17.1 Å². The van der Waals surface area contributed by atoms with Crippen molar-refractivity contribution in [3.63, 3.8) is 0 Å². The lowest BCUT2D eigenvalue weighted by Crippen LogP contribution is -2.46. The van der Waals surface area contributed by atoms with Gasteiger partial charge in [0.15, 0.2) is 0 Å². The Morgan fingerprint density at radius 1 is 1.03 bits per heavy atom. The Balaban J connectivity index is 1.15. The summed E-state index contributed by atoms with van der Waals surface area (Å²) in [5, 5.41) is 7.63. The van der Waals surface area contributed by atoms with E-state index in [9.17, 15) is 4.79 Å². The molecule has 2 aromatic carbocycles. The Morgan fingerprint density at radius 2 is 1.86 bits per heavy atom. The largest absolute Gasteiger partial charge is 0.385 e. The second-order valence-corrected chi connectivity index (χ2v) is 8.42. The van der Waals surface area contributed by atoms with E-state index in [2.05, 4.69) is 26.5 Å². The van der Waals surface area contributed by atoms with Gasteiger partial charge in [-0.25, -0.2) is 0 Å². The molecule has 0 radical (unpaired) electrons. The van der Waals surface area contributed by atoms with Gasteiger partial charge in [-0.2, -0.15) is 0 Å². The molecule has 0 spiro atoms. The number of benzene rings is 2. The van der Waals surface area contributed by atoms with Gasteiger partial charge >= 0.3 is 0 Å². The van der Waals surface area contributed by atoms with Crippen molar-refractivity contribution < 1.29 is 4.79 Å². The number of unbranched alkanes of at least 4 members (excludes halogenated alkanes) is 1. The number of halogens is 2. The van der Waals surface area contributed by atoms with E-state index in [-0.39, 0.29) is 5.91 Å². The minimum absolute atomic E-state index is 0.0786. The molecule has 5 nitrogen and oxygen atoms in total. The van der Waals surface area contributed by atoms with Crippen LogP contribution in [0.15, 0.2) is 36.4 Å². The van der Waals surface area contributed by atoms with E-state index < -0.39 is 0 Å². The molecule has 0 saturated carbocycles. The molecule has 1 amide bonds. The highest BCUT2D eigenvalue weighted by atomic mass is 35.5. The zero-order chi connectivity index (χ0) is 20.2. The monoisotopic (exact) mass is 432 g/mol. The molecule has 154 valence electrons. The SMILES string of the molecule is O=C1Cc2ccc(NCCCCN3CCN(c4cccc(Cl)c4Cl)CC3)cc2N1. The Morgan fingerprint density at radius 3 is 2.69 bits per heavy atom. The van der Waals surface area contributed by atoms with Crippen LogP contribution in [-0.4, -0.2) is 50.1 Å². The molecule has 1 saturated heterocycles. The predicted octanol–water partition coefficient (Wildman–Crippen LogP) is 4.50. The van der Waals surface area contributed by atoms with Gasteiger partial charge in [-0.3, -0.25) is 9.69 Å². The molecule has 0 aromatic heterocycles. The molecule has 2 heterocycles. The maximum absolute atomic E-state index is 11.4. The molecule has 1 fully saturated rings. The van der Waals surface area contributed by atoms with Crippen LogP contribution in [0.1, 0.15) is 18.4 Å². The molecule has 4 rings (SSSR count). The summed E-state index contributed by atoms with van der Waals surface area (Å²) >= 11 is 12.5. The Labute approximate surface area is 182 Å². The summed E-state index contributed by atoms with van der Waals surface area (Å²) in [6.45, 7) is 6.07. The number of hydrogen-bond acceptors (Lipinski definition) is 4. The fraction of sp³-hybridized carbons (Fsp3) is 0.409. The van der Waals surface area contributed by atoms with Crippen molar-refractivity contribution in [2.45, 2.75) is 19.3 Å². The highest BCUT2D eigenvalue weighted by Crippen LogP contribution is 2.33. The number of anilines is 3. The van der Waals surface area contributed by atoms with Crippen LogP contribution < -0.4 is 15.5 Å². The zero-order valence-electron chi connectivity index (χ0n) is 16.4. The van der Waals surface area contributed by atoms with E-state index in [1.165, 1.54) is 0 Å². The number of carbonyl (C=O) groups is 1. The lowest BCUT2D eigenvalue weighted by Gasteiger charge is -2.36. The normalized spacial score (nSPS) is 16.6. The first kappa shape index (κ1) is 20.3. The fourth-order valence-corrected chi connectivity index (χ4v) is 4.38. The second kappa shape index (κ2) is 9.24. The first-order valence-electron chi connectivity index (χ1n) is 10.2. The van der Waals surface area contributed by atoms with Gasteiger partial charge in [0.05, 0.1) is 22.2 Å². The zero-order valence-corrected chi connectivity index (χ0v) is 17.9. The van der Waals surface area contributed by atoms with Crippen molar-refractivity contribution in [3.8, 4) is 0 Å². The third-order valence-electron chi connectivity index (χ3n) is 5.61. The summed E-state index contributed by atoms with van der Waals surface area (Å²) in [5.41, 5.74) is 4.13. The molecule has 7 heteroatoms. The summed E-state index contributed by atoms with van der Waals surface area (Å²) in [5.74, 6) is 0.0786. The Kier molecular flexibility index (Phi) is 6.48. The molecule has 2 aliphatic rings. The first-order valence-corrected chi connectivity index (χ1v) is 10.9. The Hall–Kier alpha value is -1.95. The van der Waals surface area contributed by atoms with Gasteiger partial charge in [-0.1, -0.05) is 35.3 Å². The van der Waals surface area contributed by atoms with E-state index in [0.29, 0.717) is 16.5 Å². The van der Waals surface area contributed by atoms with Crippen LogP contribution in [0.3, 0.4) is 0 Å². The number of hydrogen-bond donors (Lipinski definition) is 2. The topological polar surface area (TPSA) is 47.6 Å². The van der Waals surface area contributed by atoms with Crippen LogP contribution in [0.5, 0.6) is 0 Å². The molecule has 0 unspecified atom stereocenters. The smallest absolute Gasteiger partial charge is 0.228 e. The summed E-state index contributed by atoms with van der Waals surface area (Å²) < 4.78 is 0. The van der Waals surface area contributed by atoms with Gasteiger partial charge < -0.3 is 15.5 Å². The maximum Gasteiger partial charge on any atom is 0.228 e. The minimum atomic E-state index is 0.0786. The molecular formula is C22H26Cl2N4O. The summed E-state index contributed by atoms with van der Waals surface area (Å²) in [4.78, 5) is 16.3. The van der Waals surface area contributed by atoms with Crippen molar-refractivity contribution in [2.75, 3.05) is 54.8 Å². The molecule has 29 heavy (non-hydrogen) atoms. The lowest BCUT2D eigenvalue weighted by molar-refractivity contribution is -0.115. The number of fused-ring (bicyclic) bond motifs is 1. The van der Waals surface area contributed by atoms with Crippen LogP contribution in [0.25, 0.3) is 0 Å². The molecule has 2 N–H and O–H groups in total. The molecular weight excluding hydrogens is 407 g/mol.